The quantitative estimate of drug-likeness (QED) is 0.432. The number of urea groups is 1. The maximum absolute atomic E-state index is 12.7. The van der Waals surface area contributed by atoms with E-state index in [1.165, 1.54) is 30.9 Å². The summed E-state index contributed by atoms with van der Waals surface area (Å²) in [6.07, 6.45) is 1.59. The van der Waals surface area contributed by atoms with Crippen LogP contribution < -0.4 is 10.2 Å². The van der Waals surface area contributed by atoms with Crippen LogP contribution in [0.1, 0.15) is 11.1 Å². The van der Waals surface area contributed by atoms with Gasteiger partial charge in [-0.3, -0.25) is 15.0 Å². The van der Waals surface area contributed by atoms with Crippen LogP contribution in [0.4, 0.5) is 16.2 Å². The summed E-state index contributed by atoms with van der Waals surface area (Å²) in [5.74, 6) is -1.18. The third-order valence-corrected chi connectivity index (χ3v) is 5.74. The highest BCUT2D eigenvalue weighted by Crippen LogP contribution is 2.26. The number of anilines is 2. The Bertz CT molecular complexity index is 980. The Labute approximate surface area is 163 Å². The molecule has 2 rings (SSSR count). The predicted molar refractivity (Wildman–Crippen MR) is 108 cm³/mol. The number of nitrogens with zero attached hydrogens (tertiary/aromatic N) is 2. The molecule has 0 bridgehead atoms. The molecule has 2 aromatic carbocycles. The molecule has 0 aliphatic carbocycles. The summed E-state index contributed by atoms with van der Waals surface area (Å²) in [4.78, 5) is 23.9. The molecule has 8 nitrogen and oxygen atoms in total. The van der Waals surface area contributed by atoms with E-state index in [2.05, 4.69) is 11.9 Å². The van der Waals surface area contributed by atoms with Crippen molar-refractivity contribution in [3.63, 3.8) is 0 Å². The largest absolute Gasteiger partial charge is 0.326 e. The topological polar surface area (TPSA) is 110 Å². The Balaban J connectivity index is 2.33. The van der Waals surface area contributed by atoms with E-state index in [1.807, 2.05) is 18.2 Å². The summed E-state index contributed by atoms with van der Waals surface area (Å²) >= 11 is 0. The number of rotatable bonds is 7. The molecule has 0 aliphatic rings. The Morgan fingerprint density at radius 3 is 2.29 bits per heavy atom. The lowest BCUT2D eigenvalue weighted by molar-refractivity contribution is -0.458. The van der Waals surface area contributed by atoms with Crippen LogP contribution in [0.3, 0.4) is 0 Å². The molecular formula is C19H21N3O5S. The smallest absolute Gasteiger partial charge is 0.308 e. The lowest BCUT2D eigenvalue weighted by Crippen LogP contribution is -2.35. The van der Waals surface area contributed by atoms with E-state index in [0.29, 0.717) is 22.5 Å². The number of carbonyl (C=O) groups excluding carboxylic acids is 1. The lowest BCUT2D eigenvalue weighted by Gasteiger charge is -2.22. The van der Waals surface area contributed by atoms with Gasteiger partial charge in [-0.2, -0.15) is 0 Å². The fourth-order valence-corrected chi connectivity index (χ4v) is 4.46. The summed E-state index contributed by atoms with van der Waals surface area (Å²) in [6.45, 7) is 7.02. The average molecular weight is 403 g/mol. The minimum absolute atomic E-state index is 0.0896. The van der Waals surface area contributed by atoms with Gasteiger partial charge in [0.1, 0.15) is 0 Å². The average Bonchev–Trinajstić information content (AvgIpc) is 2.58. The summed E-state index contributed by atoms with van der Waals surface area (Å²) < 4.78 is 24.5. The van der Waals surface area contributed by atoms with Crippen molar-refractivity contribution in [3.05, 3.63) is 76.4 Å². The summed E-state index contributed by atoms with van der Waals surface area (Å²) in [7, 11) is -4.07. The van der Waals surface area contributed by atoms with Gasteiger partial charge in [0.15, 0.2) is 0 Å². The van der Waals surface area contributed by atoms with Gasteiger partial charge in [-0.25, -0.2) is 13.2 Å². The summed E-state index contributed by atoms with van der Waals surface area (Å²) in [5.41, 5.74) is 1.72. The number of nitrogens with one attached hydrogen (secondary N) is 1. The first kappa shape index (κ1) is 21.1. The standard InChI is InChI=1S/C19H21N3O5S/c1-4-10-21(17-8-6-5-7-9-17)19(23)20-16-11-14(2)18(15(3)12-16)28(26,27)13-22(24)25/h4-9,11-12H,1,10,13H2,2-3H3,(H,20,23). The van der Waals surface area contributed by atoms with Gasteiger partial charge in [0.25, 0.3) is 0 Å². The van der Waals surface area contributed by atoms with Crippen molar-refractivity contribution in [3.8, 4) is 0 Å². The third kappa shape index (κ3) is 4.95. The molecule has 0 saturated heterocycles. The third-order valence-electron chi connectivity index (χ3n) is 3.92. The minimum Gasteiger partial charge on any atom is -0.308 e. The van der Waals surface area contributed by atoms with Crippen LogP contribution in [0.15, 0.2) is 60.0 Å². The van der Waals surface area contributed by atoms with E-state index in [9.17, 15) is 23.3 Å². The van der Waals surface area contributed by atoms with E-state index in [-0.39, 0.29) is 11.4 Å². The molecule has 0 saturated carbocycles. The molecule has 2 aromatic rings. The number of aryl methyl sites for hydroxylation is 2. The molecule has 0 aliphatic heterocycles. The fraction of sp³-hybridized carbons (Fsp3) is 0.211. The zero-order chi connectivity index (χ0) is 20.9. The molecule has 2 amide bonds. The van der Waals surface area contributed by atoms with Crippen LogP contribution in [0.5, 0.6) is 0 Å². The van der Waals surface area contributed by atoms with Gasteiger partial charge < -0.3 is 5.32 Å². The number of nitro groups is 1. The molecule has 0 radical (unpaired) electrons. The van der Waals surface area contributed by atoms with Gasteiger partial charge in [-0.05, 0) is 49.2 Å². The van der Waals surface area contributed by atoms with Crippen LogP contribution in [0.2, 0.25) is 0 Å². The Morgan fingerprint density at radius 2 is 1.79 bits per heavy atom. The molecule has 0 atom stereocenters. The predicted octanol–water partition coefficient (Wildman–Crippen LogP) is 3.54. The van der Waals surface area contributed by atoms with Gasteiger partial charge in [0.2, 0.25) is 9.84 Å². The molecule has 0 heterocycles. The van der Waals surface area contributed by atoms with Gasteiger partial charge >= 0.3 is 11.9 Å². The van der Waals surface area contributed by atoms with Crippen LogP contribution in [0, 0.1) is 24.0 Å². The maximum Gasteiger partial charge on any atom is 0.326 e. The van der Waals surface area contributed by atoms with Gasteiger partial charge in [0.05, 0.1) is 4.90 Å². The van der Waals surface area contributed by atoms with Gasteiger partial charge in [-0.1, -0.05) is 24.3 Å². The van der Waals surface area contributed by atoms with Crippen molar-refractivity contribution in [1.29, 1.82) is 0 Å². The molecule has 0 spiro atoms. The Kier molecular flexibility index (Phi) is 6.53. The molecular weight excluding hydrogens is 382 g/mol. The molecule has 0 fully saturated rings. The number of sulfone groups is 1. The highest BCUT2D eigenvalue weighted by atomic mass is 32.2. The van der Waals surface area contributed by atoms with Crippen molar-refractivity contribution in [2.75, 3.05) is 22.6 Å². The minimum atomic E-state index is -4.07. The van der Waals surface area contributed by atoms with Crippen LogP contribution >= 0.6 is 0 Å². The van der Waals surface area contributed by atoms with E-state index >= 15 is 0 Å². The second-order valence-electron chi connectivity index (χ2n) is 6.18. The van der Waals surface area contributed by atoms with Crippen molar-refractivity contribution in [2.45, 2.75) is 18.7 Å². The molecule has 28 heavy (non-hydrogen) atoms. The first-order valence-corrected chi connectivity index (χ1v) is 10.0. The lowest BCUT2D eigenvalue weighted by atomic mass is 10.1. The van der Waals surface area contributed by atoms with Crippen molar-refractivity contribution < 1.29 is 18.1 Å². The molecule has 148 valence electrons. The first-order chi connectivity index (χ1) is 13.2. The number of hydrogen-bond acceptors (Lipinski definition) is 5. The normalized spacial score (nSPS) is 10.9. The number of benzene rings is 2. The van der Waals surface area contributed by atoms with E-state index in [1.54, 1.807) is 18.2 Å². The van der Waals surface area contributed by atoms with E-state index in [0.717, 1.165) is 0 Å². The van der Waals surface area contributed by atoms with E-state index in [4.69, 9.17) is 0 Å². The number of hydrogen-bond donors (Lipinski definition) is 1. The first-order valence-electron chi connectivity index (χ1n) is 8.36. The molecule has 1 N–H and O–H groups in total. The number of amides is 2. The summed E-state index contributed by atoms with van der Waals surface area (Å²) in [6, 6.07) is 11.6. The zero-order valence-electron chi connectivity index (χ0n) is 15.6. The van der Waals surface area contributed by atoms with E-state index < -0.39 is 26.7 Å². The molecule has 0 unspecified atom stereocenters. The summed E-state index contributed by atoms with van der Waals surface area (Å²) in [5, 5.41) is 13.4. The highest BCUT2D eigenvalue weighted by molar-refractivity contribution is 7.91. The Hall–Kier alpha value is -3.20. The van der Waals surface area contributed by atoms with Crippen LogP contribution in [-0.4, -0.2) is 31.8 Å². The molecule has 0 aromatic heterocycles. The van der Waals surface area contributed by atoms with Crippen LogP contribution in [-0.2, 0) is 9.84 Å². The van der Waals surface area contributed by atoms with Crippen molar-refractivity contribution in [1.82, 2.24) is 0 Å². The molecule has 9 heteroatoms. The second kappa shape index (κ2) is 8.66. The zero-order valence-corrected chi connectivity index (χ0v) is 16.4. The number of para-hydroxylation sites is 1. The monoisotopic (exact) mass is 403 g/mol. The van der Waals surface area contributed by atoms with Crippen molar-refractivity contribution in [2.24, 2.45) is 0 Å². The Morgan fingerprint density at radius 1 is 1.21 bits per heavy atom. The number of carbonyl (C=O) groups is 1. The SMILES string of the molecule is C=CCN(C(=O)Nc1cc(C)c(S(=O)(=O)C[N+](=O)[O-])c(C)c1)c1ccccc1. The van der Waals surface area contributed by atoms with Crippen molar-refractivity contribution >= 4 is 27.2 Å². The fourth-order valence-electron chi connectivity index (χ4n) is 2.95. The van der Waals surface area contributed by atoms with Gasteiger partial charge in [0, 0.05) is 22.8 Å². The van der Waals surface area contributed by atoms with Gasteiger partial charge in [-0.15, -0.1) is 6.58 Å². The second-order valence-corrected chi connectivity index (χ2v) is 8.08. The maximum atomic E-state index is 12.7. The van der Waals surface area contributed by atoms with Crippen LogP contribution in [0.25, 0.3) is 0 Å². The highest BCUT2D eigenvalue weighted by Gasteiger charge is 2.26.